The lowest BCUT2D eigenvalue weighted by atomic mass is 10.0. The fourth-order valence-corrected chi connectivity index (χ4v) is 2.01. The van der Waals surface area contributed by atoms with Crippen molar-refractivity contribution in [1.29, 1.82) is 0 Å². The van der Waals surface area contributed by atoms with Crippen LogP contribution in [0.4, 0.5) is 5.82 Å². The van der Waals surface area contributed by atoms with Crippen LogP contribution < -0.4 is 5.32 Å². The first-order valence-corrected chi connectivity index (χ1v) is 5.72. The summed E-state index contributed by atoms with van der Waals surface area (Å²) < 4.78 is 12.5. The minimum Gasteiger partial charge on any atom is -0.378 e. The molecule has 0 aliphatic carbocycles. The van der Waals surface area contributed by atoms with Gasteiger partial charge in [0.05, 0.1) is 19.0 Å². The quantitative estimate of drug-likeness (QED) is 0.799. The normalized spacial score (nSPS) is 23.6. The summed E-state index contributed by atoms with van der Waals surface area (Å²) >= 11 is 0. The van der Waals surface area contributed by atoms with Crippen molar-refractivity contribution in [2.45, 2.75) is 12.0 Å². The van der Waals surface area contributed by atoms with Crippen molar-refractivity contribution in [3.05, 3.63) is 12.4 Å². The molecule has 3 heterocycles. The van der Waals surface area contributed by atoms with E-state index in [-0.39, 0.29) is 5.60 Å². The summed E-state index contributed by atoms with van der Waals surface area (Å²) in [6.07, 6.45) is 4.16. The first kappa shape index (κ1) is 11.3. The maximum absolute atomic E-state index is 5.55. The van der Waals surface area contributed by atoms with Crippen LogP contribution in [0, 0.1) is 0 Å². The molecule has 1 N–H and O–H groups in total. The van der Waals surface area contributed by atoms with Crippen molar-refractivity contribution in [2.24, 2.45) is 0 Å². The van der Waals surface area contributed by atoms with Crippen LogP contribution in [0.25, 0.3) is 5.65 Å². The molecular formula is C10H14N6O2. The van der Waals surface area contributed by atoms with Crippen molar-refractivity contribution in [3.8, 4) is 0 Å². The number of tetrazole rings is 1. The summed E-state index contributed by atoms with van der Waals surface area (Å²) in [6.45, 7) is 1.95. The number of ether oxygens (including phenoxy) is 2. The van der Waals surface area contributed by atoms with Gasteiger partial charge in [0.15, 0.2) is 11.5 Å². The molecule has 2 aromatic heterocycles. The van der Waals surface area contributed by atoms with Crippen molar-refractivity contribution in [3.63, 3.8) is 0 Å². The Morgan fingerprint density at radius 1 is 1.56 bits per heavy atom. The maximum Gasteiger partial charge on any atom is 0.199 e. The Bertz CT molecular complexity index is 536. The third-order valence-corrected chi connectivity index (χ3v) is 3.20. The van der Waals surface area contributed by atoms with Gasteiger partial charge in [-0.05, 0) is 10.4 Å². The van der Waals surface area contributed by atoms with E-state index in [4.69, 9.17) is 9.47 Å². The molecule has 1 fully saturated rings. The third-order valence-electron chi connectivity index (χ3n) is 3.20. The Morgan fingerprint density at radius 3 is 3.28 bits per heavy atom. The topological polar surface area (TPSA) is 86.5 Å². The number of nitrogens with zero attached hydrogens (tertiary/aromatic N) is 5. The van der Waals surface area contributed by atoms with Gasteiger partial charge < -0.3 is 14.8 Å². The summed E-state index contributed by atoms with van der Waals surface area (Å²) in [6, 6.07) is 0. The second-order valence-electron chi connectivity index (χ2n) is 4.28. The molecule has 1 aliphatic rings. The molecule has 0 aromatic carbocycles. The lowest BCUT2D eigenvalue weighted by Crippen LogP contribution is -2.40. The Labute approximate surface area is 103 Å². The summed E-state index contributed by atoms with van der Waals surface area (Å²) in [5.74, 6) is 0.737. The van der Waals surface area contributed by atoms with E-state index in [0.717, 1.165) is 18.8 Å². The summed E-state index contributed by atoms with van der Waals surface area (Å²) in [5.41, 5.74) is 0.324. The molecule has 18 heavy (non-hydrogen) atoms. The van der Waals surface area contributed by atoms with E-state index in [2.05, 4.69) is 25.8 Å². The molecule has 2 aromatic rings. The fourth-order valence-electron chi connectivity index (χ4n) is 2.01. The van der Waals surface area contributed by atoms with Crippen LogP contribution in [-0.4, -0.2) is 57.5 Å². The van der Waals surface area contributed by atoms with Crippen molar-refractivity contribution in [1.82, 2.24) is 25.0 Å². The predicted molar refractivity (Wildman–Crippen MR) is 62.2 cm³/mol. The van der Waals surface area contributed by atoms with Gasteiger partial charge >= 0.3 is 0 Å². The lowest BCUT2D eigenvalue weighted by Gasteiger charge is -2.26. The molecule has 3 rings (SSSR count). The fraction of sp³-hybridized carbons (Fsp3) is 0.600. The minimum atomic E-state index is -0.282. The van der Waals surface area contributed by atoms with E-state index >= 15 is 0 Å². The molecule has 96 valence electrons. The van der Waals surface area contributed by atoms with Gasteiger partial charge in [0, 0.05) is 26.7 Å². The molecule has 8 heteroatoms. The zero-order chi connectivity index (χ0) is 12.4. The number of anilines is 1. The third kappa shape index (κ3) is 1.89. The number of rotatable bonds is 4. The van der Waals surface area contributed by atoms with Crippen LogP contribution in [0.15, 0.2) is 12.4 Å². The molecule has 8 nitrogen and oxygen atoms in total. The van der Waals surface area contributed by atoms with Gasteiger partial charge in [-0.1, -0.05) is 0 Å². The van der Waals surface area contributed by atoms with Crippen LogP contribution in [0.2, 0.25) is 0 Å². The average molecular weight is 250 g/mol. The van der Waals surface area contributed by atoms with Gasteiger partial charge in [-0.2, -0.15) is 4.52 Å². The number of fused-ring (bicyclic) bond motifs is 1. The van der Waals surface area contributed by atoms with Gasteiger partial charge in [-0.25, -0.2) is 0 Å². The highest BCUT2D eigenvalue weighted by molar-refractivity contribution is 5.43. The van der Waals surface area contributed by atoms with Crippen molar-refractivity contribution >= 4 is 11.5 Å². The SMILES string of the molecule is COC1(CNc2cncc3nnnn23)CCOC1. The Morgan fingerprint density at radius 2 is 2.50 bits per heavy atom. The molecule has 1 atom stereocenters. The van der Waals surface area contributed by atoms with Crippen LogP contribution in [-0.2, 0) is 9.47 Å². The smallest absolute Gasteiger partial charge is 0.199 e. The zero-order valence-electron chi connectivity index (χ0n) is 10.0. The van der Waals surface area contributed by atoms with Crippen molar-refractivity contribution < 1.29 is 9.47 Å². The van der Waals surface area contributed by atoms with E-state index in [1.165, 1.54) is 0 Å². The predicted octanol–water partition coefficient (Wildman–Crippen LogP) is -0.263. The molecule has 1 saturated heterocycles. The molecule has 0 spiro atoms. The van der Waals surface area contributed by atoms with E-state index in [0.29, 0.717) is 18.8 Å². The Balaban J connectivity index is 1.78. The average Bonchev–Trinajstić information content (AvgIpc) is 3.06. The van der Waals surface area contributed by atoms with Gasteiger partial charge in [-0.15, -0.1) is 5.10 Å². The first-order valence-electron chi connectivity index (χ1n) is 5.72. The van der Waals surface area contributed by atoms with Crippen LogP contribution in [0.3, 0.4) is 0 Å². The summed E-state index contributed by atoms with van der Waals surface area (Å²) in [4.78, 5) is 4.08. The summed E-state index contributed by atoms with van der Waals surface area (Å²) in [5, 5.41) is 14.6. The highest BCUT2D eigenvalue weighted by Gasteiger charge is 2.34. The minimum absolute atomic E-state index is 0.282. The molecule has 1 aliphatic heterocycles. The Hall–Kier alpha value is -1.80. The molecular weight excluding hydrogens is 236 g/mol. The number of aromatic nitrogens is 5. The molecule has 1 unspecified atom stereocenters. The molecule has 0 amide bonds. The van der Waals surface area contributed by atoms with Crippen LogP contribution in [0.1, 0.15) is 6.42 Å². The highest BCUT2D eigenvalue weighted by atomic mass is 16.5. The summed E-state index contributed by atoms with van der Waals surface area (Å²) in [7, 11) is 1.70. The van der Waals surface area contributed by atoms with E-state index in [1.54, 1.807) is 24.0 Å². The second kappa shape index (κ2) is 4.46. The first-order chi connectivity index (χ1) is 8.83. The van der Waals surface area contributed by atoms with E-state index in [9.17, 15) is 0 Å². The molecule has 0 bridgehead atoms. The van der Waals surface area contributed by atoms with E-state index < -0.39 is 0 Å². The molecule has 0 radical (unpaired) electrons. The number of hydrogen-bond acceptors (Lipinski definition) is 7. The number of methoxy groups -OCH3 is 1. The standard InChI is InChI=1S/C10H14N6O2/c1-17-10(2-3-18-7-10)6-12-8-4-11-5-9-13-14-15-16(8)9/h4-5,12H,2-3,6-7H2,1H3. The monoisotopic (exact) mass is 250 g/mol. The lowest BCUT2D eigenvalue weighted by molar-refractivity contribution is -0.00628. The Kier molecular flexibility index (Phi) is 2.80. The highest BCUT2D eigenvalue weighted by Crippen LogP contribution is 2.23. The van der Waals surface area contributed by atoms with Gasteiger partial charge in [0.2, 0.25) is 0 Å². The van der Waals surface area contributed by atoms with Gasteiger partial charge in [0.25, 0.3) is 0 Å². The molecule has 0 saturated carbocycles. The maximum atomic E-state index is 5.55. The van der Waals surface area contributed by atoms with Crippen LogP contribution in [0.5, 0.6) is 0 Å². The number of hydrogen-bond donors (Lipinski definition) is 1. The number of nitrogens with one attached hydrogen (secondary N) is 1. The van der Waals surface area contributed by atoms with Crippen LogP contribution >= 0.6 is 0 Å². The largest absolute Gasteiger partial charge is 0.378 e. The van der Waals surface area contributed by atoms with Gasteiger partial charge in [-0.3, -0.25) is 4.98 Å². The van der Waals surface area contributed by atoms with Gasteiger partial charge in [0.1, 0.15) is 5.60 Å². The van der Waals surface area contributed by atoms with Crippen molar-refractivity contribution in [2.75, 3.05) is 32.2 Å². The second-order valence-corrected chi connectivity index (χ2v) is 4.28. The van der Waals surface area contributed by atoms with E-state index in [1.807, 2.05) is 0 Å². The zero-order valence-corrected chi connectivity index (χ0v) is 10.0.